The quantitative estimate of drug-likeness (QED) is 0.708. The Morgan fingerprint density at radius 2 is 1.93 bits per heavy atom. The summed E-state index contributed by atoms with van der Waals surface area (Å²) in [5, 5.41) is 14.1. The van der Waals surface area contributed by atoms with E-state index in [1.807, 2.05) is 6.07 Å². The number of rotatable bonds is 1. The molecule has 0 aliphatic heterocycles. The van der Waals surface area contributed by atoms with E-state index >= 15 is 0 Å². The van der Waals surface area contributed by atoms with Crippen LogP contribution in [0.3, 0.4) is 0 Å². The van der Waals surface area contributed by atoms with Crippen LogP contribution in [0.15, 0.2) is 4.79 Å². The smallest absolute Gasteiger partial charge is 0.282 e. The molecule has 4 heteroatoms. The third-order valence-corrected chi connectivity index (χ3v) is 2.93. The Hall–Kier alpha value is -1.50. The zero-order chi connectivity index (χ0) is 9.97. The lowest BCUT2D eigenvalue weighted by atomic mass is 9.86. The first-order valence-corrected chi connectivity index (χ1v) is 5.03. The molecule has 0 radical (unpaired) electrons. The molecule has 2 rings (SSSR count). The van der Waals surface area contributed by atoms with Gasteiger partial charge in [-0.3, -0.25) is 9.89 Å². The number of aromatic nitrogens is 2. The molecule has 0 unspecified atom stereocenters. The average molecular weight is 191 g/mol. The van der Waals surface area contributed by atoms with Crippen molar-refractivity contribution in [3.63, 3.8) is 0 Å². The third kappa shape index (κ3) is 1.46. The van der Waals surface area contributed by atoms with Crippen molar-refractivity contribution in [3.05, 3.63) is 21.6 Å². The molecule has 4 nitrogen and oxygen atoms in total. The molecule has 1 fully saturated rings. The number of nitrogens with zero attached hydrogens (tertiary/aromatic N) is 1. The standard InChI is InChI=1S/C10H13N3O/c11-6-8-9(12-13-10(8)14)7-4-2-1-3-5-7/h7H,1-5H2,(H2,12,13,14). The van der Waals surface area contributed by atoms with Gasteiger partial charge in [0.1, 0.15) is 11.6 Å². The summed E-state index contributed by atoms with van der Waals surface area (Å²) in [5.74, 6) is 0.373. The molecule has 0 atom stereocenters. The first kappa shape index (κ1) is 9.07. The van der Waals surface area contributed by atoms with Crippen molar-refractivity contribution in [3.8, 4) is 6.07 Å². The molecule has 2 N–H and O–H groups in total. The average Bonchev–Trinajstić information content (AvgIpc) is 2.61. The second-order valence-corrected chi connectivity index (χ2v) is 3.81. The summed E-state index contributed by atoms with van der Waals surface area (Å²) in [4.78, 5) is 11.2. The van der Waals surface area contributed by atoms with Gasteiger partial charge in [-0.2, -0.15) is 5.26 Å². The monoisotopic (exact) mass is 191 g/mol. The van der Waals surface area contributed by atoms with Gasteiger partial charge in [-0.15, -0.1) is 0 Å². The topological polar surface area (TPSA) is 72.4 Å². The number of hydrogen-bond acceptors (Lipinski definition) is 2. The van der Waals surface area contributed by atoms with Gasteiger partial charge in [-0.05, 0) is 12.8 Å². The zero-order valence-electron chi connectivity index (χ0n) is 7.97. The lowest BCUT2D eigenvalue weighted by Gasteiger charge is -2.20. The SMILES string of the molecule is N#Cc1c(C2CCCCC2)[nH][nH]c1=O. The van der Waals surface area contributed by atoms with Crippen molar-refractivity contribution in [2.24, 2.45) is 0 Å². The van der Waals surface area contributed by atoms with Gasteiger partial charge in [0.15, 0.2) is 0 Å². The van der Waals surface area contributed by atoms with Crippen LogP contribution in [-0.2, 0) is 0 Å². The molecule has 1 aromatic heterocycles. The van der Waals surface area contributed by atoms with Crippen LogP contribution in [0.25, 0.3) is 0 Å². The van der Waals surface area contributed by atoms with Crippen molar-refractivity contribution < 1.29 is 0 Å². The van der Waals surface area contributed by atoms with E-state index in [0.29, 0.717) is 5.92 Å². The van der Waals surface area contributed by atoms with Gasteiger partial charge < -0.3 is 5.10 Å². The molecule has 1 aliphatic rings. The molecular formula is C10H13N3O. The van der Waals surface area contributed by atoms with E-state index < -0.39 is 0 Å². The van der Waals surface area contributed by atoms with Crippen molar-refractivity contribution >= 4 is 0 Å². The van der Waals surface area contributed by atoms with Gasteiger partial charge in [0.2, 0.25) is 0 Å². The van der Waals surface area contributed by atoms with Crippen LogP contribution >= 0.6 is 0 Å². The first-order chi connectivity index (χ1) is 6.83. The minimum atomic E-state index is -0.284. The fourth-order valence-corrected chi connectivity index (χ4v) is 2.18. The largest absolute Gasteiger partial charge is 0.301 e. The molecule has 0 bridgehead atoms. The van der Waals surface area contributed by atoms with Gasteiger partial charge in [0.25, 0.3) is 5.56 Å². The van der Waals surface area contributed by atoms with E-state index in [9.17, 15) is 4.79 Å². The predicted octanol–water partition coefficient (Wildman–Crippen LogP) is 1.62. The van der Waals surface area contributed by atoms with E-state index in [-0.39, 0.29) is 11.1 Å². The Bertz CT molecular complexity index is 404. The highest BCUT2D eigenvalue weighted by Gasteiger charge is 2.21. The maximum Gasteiger partial charge on any atom is 0.282 e. The van der Waals surface area contributed by atoms with Gasteiger partial charge >= 0.3 is 0 Å². The van der Waals surface area contributed by atoms with Crippen molar-refractivity contribution in [2.75, 3.05) is 0 Å². The molecule has 0 amide bonds. The van der Waals surface area contributed by atoms with Crippen LogP contribution in [-0.4, -0.2) is 10.2 Å². The summed E-state index contributed by atoms with van der Waals surface area (Å²) in [6, 6.07) is 1.97. The van der Waals surface area contributed by atoms with E-state index in [2.05, 4.69) is 10.2 Å². The molecule has 14 heavy (non-hydrogen) atoms. The Morgan fingerprint density at radius 3 is 2.57 bits per heavy atom. The van der Waals surface area contributed by atoms with Crippen LogP contribution in [0, 0.1) is 11.3 Å². The Balaban J connectivity index is 2.31. The summed E-state index contributed by atoms with van der Waals surface area (Å²) < 4.78 is 0. The third-order valence-electron chi connectivity index (χ3n) is 2.93. The second kappa shape index (κ2) is 3.70. The van der Waals surface area contributed by atoms with E-state index in [4.69, 9.17) is 5.26 Å². The van der Waals surface area contributed by atoms with Gasteiger partial charge in [-0.1, -0.05) is 19.3 Å². The van der Waals surface area contributed by atoms with Crippen LogP contribution in [0.4, 0.5) is 0 Å². The van der Waals surface area contributed by atoms with Gasteiger partial charge in [0, 0.05) is 5.92 Å². The van der Waals surface area contributed by atoms with Crippen molar-refractivity contribution in [1.82, 2.24) is 10.2 Å². The highest BCUT2D eigenvalue weighted by Crippen LogP contribution is 2.31. The second-order valence-electron chi connectivity index (χ2n) is 3.81. The highest BCUT2D eigenvalue weighted by molar-refractivity contribution is 5.33. The summed E-state index contributed by atoms with van der Waals surface area (Å²) in [7, 11) is 0. The van der Waals surface area contributed by atoms with E-state index in [0.717, 1.165) is 18.5 Å². The van der Waals surface area contributed by atoms with E-state index in [1.54, 1.807) is 0 Å². The molecule has 0 aromatic carbocycles. The van der Waals surface area contributed by atoms with Crippen LogP contribution in [0.5, 0.6) is 0 Å². The maximum absolute atomic E-state index is 11.2. The number of H-pyrrole nitrogens is 2. The molecule has 0 spiro atoms. The minimum Gasteiger partial charge on any atom is -0.301 e. The Labute approximate surface area is 81.9 Å². The van der Waals surface area contributed by atoms with Crippen LogP contribution in [0.1, 0.15) is 49.3 Å². The number of nitrogens with one attached hydrogen (secondary N) is 2. The van der Waals surface area contributed by atoms with Gasteiger partial charge in [-0.25, -0.2) is 0 Å². The molecule has 0 saturated heterocycles. The molecule has 1 aliphatic carbocycles. The Morgan fingerprint density at radius 1 is 1.21 bits per heavy atom. The van der Waals surface area contributed by atoms with Gasteiger partial charge in [0.05, 0.1) is 5.69 Å². The zero-order valence-corrected chi connectivity index (χ0v) is 7.97. The lowest BCUT2D eigenvalue weighted by molar-refractivity contribution is 0.436. The summed E-state index contributed by atoms with van der Waals surface area (Å²) >= 11 is 0. The fraction of sp³-hybridized carbons (Fsp3) is 0.600. The highest BCUT2D eigenvalue weighted by atomic mass is 16.1. The molecule has 1 aromatic rings. The first-order valence-electron chi connectivity index (χ1n) is 5.03. The molecule has 74 valence electrons. The lowest BCUT2D eigenvalue weighted by Crippen LogP contribution is -2.08. The molecular weight excluding hydrogens is 178 g/mol. The van der Waals surface area contributed by atoms with Crippen molar-refractivity contribution in [2.45, 2.75) is 38.0 Å². The summed E-state index contributed by atoms with van der Waals surface area (Å²) in [6.07, 6.45) is 5.84. The molecule has 1 heterocycles. The number of aromatic amines is 2. The van der Waals surface area contributed by atoms with Crippen LogP contribution < -0.4 is 5.56 Å². The van der Waals surface area contributed by atoms with Crippen LogP contribution in [0.2, 0.25) is 0 Å². The van der Waals surface area contributed by atoms with E-state index in [1.165, 1.54) is 19.3 Å². The molecule has 1 saturated carbocycles. The maximum atomic E-state index is 11.2. The Kier molecular flexibility index (Phi) is 2.40. The number of nitriles is 1. The minimum absolute atomic E-state index is 0.275. The summed E-state index contributed by atoms with van der Waals surface area (Å²) in [5.41, 5.74) is 0.808. The normalized spacial score (nSPS) is 17.9. The van der Waals surface area contributed by atoms with Crippen molar-refractivity contribution in [1.29, 1.82) is 5.26 Å². The number of hydrogen-bond donors (Lipinski definition) is 2. The predicted molar refractivity (Wildman–Crippen MR) is 52.0 cm³/mol. The summed E-state index contributed by atoms with van der Waals surface area (Å²) in [6.45, 7) is 0. The fourth-order valence-electron chi connectivity index (χ4n) is 2.18.